The lowest BCUT2D eigenvalue weighted by Gasteiger charge is -2.51. The molecule has 1 fully saturated rings. The van der Waals surface area contributed by atoms with Gasteiger partial charge in [-0.25, -0.2) is 0 Å². The van der Waals surface area contributed by atoms with Crippen molar-refractivity contribution < 1.29 is 0 Å². The van der Waals surface area contributed by atoms with Gasteiger partial charge in [0.1, 0.15) is 0 Å². The van der Waals surface area contributed by atoms with Crippen LogP contribution in [0.15, 0.2) is 146 Å². The van der Waals surface area contributed by atoms with Crippen LogP contribution in [0.3, 0.4) is 0 Å². The number of rotatable bonds is 5. The van der Waals surface area contributed by atoms with Gasteiger partial charge in [-0.3, -0.25) is 0 Å². The van der Waals surface area contributed by atoms with Crippen molar-refractivity contribution in [2.24, 2.45) is 0 Å². The molecule has 4 heteroatoms. The maximum Gasteiger partial charge on any atom is 0.252 e. The zero-order chi connectivity index (χ0) is 62.6. The first-order chi connectivity index (χ1) is 41.1. The predicted octanol–water partition coefficient (Wildman–Crippen LogP) is 21.4. The molecule has 0 saturated heterocycles. The van der Waals surface area contributed by atoms with Gasteiger partial charge in [-0.15, -0.1) is 0 Å². The number of benzene rings is 8. The minimum atomic E-state index is -0.214. The highest BCUT2D eigenvalue weighted by Gasteiger charge is 2.59. The fraction of sp³-hybridized carbons (Fsp3) is 0.429. The largest absolute Gasteiger partial charge is 0.334 e. The monoisotopic (exact) mass is 1160 g/mol. The molecule has 452 valence electrons. The van der Waals surface area contributed by atoms with E-state index in [1.54, 1.807) is 0 Å². The third-order valence-electron chi connectivity index (χ3n) is 23.4. The highest BCUT2D eigenvalue weighted by Crippen LogP contribution is 2.63. The van der Waals surface area contributed by atoms with Crippen LogP contribution < -0.4 is 31.1 Å². The highest BCUT2D eigenvalue weighted by atomic mass is 15.3. The summed E-state index contributed by atoms with van der Waals surface area (Å²) in [5, 5.41) is 0. The molecule has 0 spiro atoms. The molecule has 2 atom stereocenters. The second kappa shape index (κ2) is 19.1. The number of fused-ring (bicyclic) bond motifs is 9. The Morgan fingerprint density at radius 3 is 1.52 bits per heavy atom. The van der Waals surface area contributed by atoms with Crippen molar-refractivity contribution in [3.05, 3.63) is 196 Å². The summed E-state index contributed by atoms with van der Waals surface area (Å²) < 4.78 is 0. The van der Waals surface area contributed by atoms with Crippen LogP contribution in [0, 0.1) is 6.92 Å². The van der Waals surface area contributed by atoms with E-state index < -0.39 is 0 Å². The molecular formula is C84H98BN3. The third-order valence-corrected chi connectivity index (χ3v) is 23.4. The quantitative estimate of drug-likeness (QED) is 0.159. The van der Waals surface area contributed by atoms with Gasteiger partial charge in [0.25, 0.3) is 6.71 Å². The first-order valence-electron chi connectivity index (χ1n) is 33.7. The lowest BCUT2D eigenvalue weighted by molar-refractivity contribution is 0.195. The maximum atomic E-state index is 2.88. The molecule has 8 aromatic carbocycles. The van der Waals surface area contributed by atoms with Gasteiger partial charge < -0.3 is 14.7 Å². The van der Waals surface area contributed by atoms with Crippen LogP contribution in [-0.4, -0.2) is 12.3 Å². The molecule has 0 radical (unpaired) electrons. The molecule has 3 heterocycles. The minimum absolute atomic E-state index is 0.00391. The van der Waals surface area contributed by atoms with E-state index in [0.717, 1.165) is 32.1 Å². The Morgan fingerprint density at radius 2 is 0.886 bits per heavy atom. The Balaban J connectivity index is 1.14. The van der Waals surface area contributed by atoms with E-state index in [9.17, 15) is 0 Å². The number of anilines is 8. The molecule has 0 bridgehead atoms. The number of aryl methyl sites for hydroxylation is 1. The minimum Gasteiger partial charge on any atom is -0.334 e. The van der Waals surface area contributed by atoms with E-state index >= 15 is 0 Å². The lowest BCUT2D eigenvalue weighted by atomic mass is 9.33. The second-order valence-electron chi connectivity index (χ2n) is 34.4. The van der Waals surface area contributed by atoms with Gasteiger partial charge in [0.2, 0.25) is 0 Å². The highest BCUT2D eigenvalue weighted by molar-refractivity contribution is 7.00. The molecule has 3 nitrogen and oxygen atoms in total. The van der Waals surface area contributed by atoms with Crippen LogP contribution in [0.1, 0.15) is 227 Å². The van der Waals surface area contributed by atoms with Crippen molar-refractivity contribution in [1.82, 2.24) is 0 Å². The summed E-state index contributed by atoms with van der Waals surface area (Å²) in [6.07, 6.45) is 8.09. The summed E-state index contributed by atoms with van der Waals surface area (Å²) in [5.41, 5.74) is 32.1. The average Bonchev–Trinajstić information content (AvgIpc) is 1.31. The Kier molecular flexibility index (Phi) is 12.8. The first kappa shape index (κ1) is 58.9. The Bertz CT molecular complexity index is 4190. The SMILES string of the molecule is Cc1cc2c(cc1N1c3cc(C(C)(C)C)ccc3B3c4cc5c(cc4N(c4ccc(C(C)(C)C)cc4-c4ccccc4)c4cc(N6c7ccc(-c8ccc(C(C)(C)C)cc8)cc7C7(C)CCCCC67C)cc1c43)C(C)(C)CCC5(C)C)C(C)(C)CC2(C)C. The van der Waals surface area contributed by atoms with Gasteiger partial charge >= 0.3 is 0 Å². The number of hydrogen-bond donors (Lipinski definition) is 0. The van der Waals surface area contributed by atoms with E-state index in [0.29, 0.717) is 0 Å². The van der Waals surface area contributed by atoms with Gasteiger partial charge in [-0.05, 0) is 222 Å². The van der Waals surface area contributed by atoms with Crippen LogP contribution in [0.4, 0.5) is 45.5 Å². The molecule has 88 heavy (non-hydrogen) atoms. The molecule has 2 unspecified atom stereocenters. The van der Waals surface area contributed by atoms with Crippen LogP contribution in [0.2, 0.25) is 0 Å². The van der Waals surface area contributed by atoms with Crippen molar-refractivity contribution in [3.63, 3.8) is 0 Å². The van der Waals surface area contributed by atoms with E-state index in [1.807, 2.05) is 0 Å². The molecular weight excluding hydrogens is 1060 g/mol. The average molecular weight is 1160 g/mol. The second-order valence-corrected chi connectivity index (χ2v) is 34.4. The number of nitrogens with zero attached hydrogens (tertiary/aromatic N) is 3. The molecule has 3 aliphatic carbocycles. The van der Waals surface area contributed by atoms with Crippen molar-refractivity contribution in [3.8, 4) is 22.3 Å². The van der Waals surface area contributed by atoms with E-state index in [-0.39, 0.29) is 55.6 Å². The summed E-state index contributed by atoms with van der Waals surface area (Å²) in [4.78, 5) is 8.46. The molecule has 3 aliphatic heterocycles. The third kappa shape index (κ3) is 8.76. The fourth-order valence-corrected chi connectivity index (χ4v) is 18.0. The molecule has 14 rings (SSSR count). The van der Waals surface area contributed by atoms with Crippen molar-refractivity contribution in [2.45, 2.75) is 232 Å². The topological polar surface area (TPSA) is 9.72 Å². The Labute approximate surface area is 530 Å². The fourth-order valence-electron chi connectivity index (χ4n) is 18.0. The molecule has 6 aliphatic rings. The van der Waals surface area contributed by atoms with Crippen LogP contribution in [0.25, 0.3) is 22.3 Å². The summed E-state index contributed by atoms with van der Waals surface area (Å²) >= 11 is 0. The number of hydrogen-bond acceptors (Lipinski definition) is 3. The van der Waals surface area contributed by atoms with Crippen molar-refractivity contribution in [2.75, 3.05) is 14.7 Å². The Hall–Kier alpha value is -6.78. The maximum absolute atomic E-state index is 2.88. The normalized spacial score (nSPS) is 21.7. The zero-order valence-corrected chi connectivity index (χ0v) is 57.2. The van der Waals surface area contributed by atoms with Gasteiger partial charge in [0, 0.05) is 50.8 Å². The van der Waals surface area contributed by atoms with Crippen LogP contribution >= 0.6 is 0 Å². The molecule has 0 amide bonds. The van der Waals surface area contributed by atoms with Gasteiger partial charge in [0.05, 0.1) is 11.2 Å². The predicted molar refractivity (Wildman–Crippen MR) is 381 cm³/mol. The summed E-state index contributed by atoms with van der Waals surface area (Å²) in [6, 6.07) is 59.5. The van der Waals surface area contributed by atoms with Gasteiger partial charge in [0.15, 0.2) is 0 Å². The van der Waals surface area contributed by atoms with Crippen molar-refractivity contribution in [1.29, 1.82) is 0 Å². The Morgan fingerprint density at radius 1 is 0.375 bits per heavy atom. The van der Waals surface area contributed by atoms with E-state index in [1.165, 1.54) is 147 Å². The molecule has 0 N–H and O–H groups in total. The molecule has 0 aromatic heterocycles. The standard InChI is InChI=1S/C84H98BN3/c1-52-42-61-64(82(17,18)51-81(61,15)16)49-70(52)87-71-45-58(78(8,9)10)33-35-66(71)85-67-48-62-63(80(13,14)41-40-79(62,11)12)50-72(67)86(68-37-34-57(77(5,6)7)44-60(68)54-26-22-21-23-27-54)73-46-59(47-74(87)75(73)85)88-69-36-30-55(53-28-31-56(32-29-53)76(2,3)4)43-65(69)83(19)38-24-25-39-84(83,88)20/h21-23,26-37,42-50H,24-25,38-41,51H2,1-20H3. The first-order valence-corrected chi connectivity index (χ1v) is 33.7. The summed E-state index contributed by atoms with van der Waals surface area (Å²) in [5.74, 6) is 0. The zero-order valence-electron chi connectivity index (χ0n) is 57.2. The van der Waals surface area contributed by atoms with Crippen LogP contribution in [-0.2, 0) is 43.3 Å². The van der Waals surface area contributed by atoms with E-state index in [2.05, 4.69) is 299 Å². The van der Waals surface area contributed by atoms with E-state index in [4.69, 9.17) is 0 Å². The summed E-state index contributed by atoms with van der Waals surface area (Å²) in [7, 11) is 0. The van der Waals surface area contributed by atoms with Crippen LogP contribution in [0.5, 0.6) is 0 Å². The van der Waals surface area contributed by atoms with Gasteiger partial charge in [-0.2, -0.15) is 0 Å². The van der Waals surface area contributed by atoms with Gasteiger partial charge in [-0.1, -0.05) is 228 Å². The smallest absolute Gasteiger partial charge is 0.252 e. The summed E-state index contributed by atoms with van der Waals surface area (Å²) in [6.45, 7) is 48.9. The molecule has 8 aromatic rings. The molecule has 1 saturated carbocycles. The lowest BCUT2D eigenvalue weighted by Crippen LogP contribution is -2.62. The van der Waals surface area contributed by atoms with Crippen molar-refractivity contribution >= 4 is 68.6 Å².